The number of hydrogen-bond acceptors (Lipinski definition) is 2. The lowest BCUT2D eigenvalue weighted by molar-refractivity contribution is -0.139. The topological polar surface area (TPSA) is 40.5 Å². The largest absolute Gasteiger partial charge is 0.480 e. The van der Waals surface area contributed by atoms with Crippen molar-refractivity contribution < 1.29 is 18.7 Å². The number of benzene rings is 1. The number of carbonyl (C=O) groups is 1. The van der Waals surface area contributed by atoms with Crippen molar-refractivity contribution >= 4 is 21.9 Å². The van der Waals surface area contributed by atoms with Crippen LogP contribution in [0.4, 0.5) is 8.78 Å². The normalized spacial score (nSPS) is 16.0. The number of carboxylic acid groups (broad SMARTS) is 1. The Balaban J connectivity index is 2.22. The summed E-state index contributed by atoms with van der Waals surface area (Å²) in [6.45, 7) is -0.218. The van der Waals surface area contributed by atoms with Gasteiger partial charge in [0.1, 0.15) is 11.6 Å². The third kappa shape index (κ3) is 3.55. The third-order valence-electron chi connectivity index (χ3n) is 3.68. The molecule has 0 heterocycles. The molecule has 0 unspecified atom stereocenters. The minimum Gasteiger partial charge on any atom is -0.480 e. The first kappa shape index (κ1) is 15.4. The van der Waals surface area contributed by atoms with E-state index >= 15 is 0 Å². The second kappa shape index (κ2) is 6.63. The van der Waals surface area contributed by atoms with Crippen LogP contribution in [0.15, 0.2) is 16.6 Å². The fraction of sp³-hybridized carbons (Fsp3) is 0.500. The molecular formula is C14H16BrF2NO2. The molecule has 0 bridgehead atoms. The standard InChI is InChI=1S/C14H16BrF2NO2/c15-11-5-6-12(16)10(14(11)17)7-18(8-13(19)20)9-3-1-2-4-9/h5-6,9H,1-4,7-8H2,(H,19,20). The first-order valence-electron chi connectivity index (χ1n) is 6.57. The molecule has 6 heteroatoms. The zero-order valence-electron chi connectivity index (χ0n) is 10.9. The molecule has 0 radical (unpaired) electrons. The summed E-state index contributed by atoms with van der Waals surface area (Å²) in [5.74, 6) is -2.27. The molecule has 3 nitrogen and oxygen atoms in total. The Labute approximate surface area is 124 Å². The summed E-state index contributed by atoms with van der Waals surface area (Å²) in [5.41, 5.74) is -0.0764. The van der Waals surface area contributed by atoms with Gasteiger partial charge in [0.15, 0.2) is 0 Å². The lowest BCUT2D eigenvalue weighted by Gasteiger charge is -2.27. The van der Waals surface area contributed by atoms with E-state index in [9.17, 15) is 13.6 Å². The average molecular weight is 348 g/mol. The van der Waals surface area contributed by atoms with Gasteiger partial charge in [0.2, 0.25) is 0 Å². The Morgan fingerprint density at radius 3 is 2.60 bits per heavy atom. The molecule has 110 valence electrons. The van der Waals surface area contributed by atoms with Crippen molar-refractivity contribution in [3.63, 3.8) is 0 Å². The van der Waals surface area contributed by atoms with E-state index in [-0.39, 0.29) is 29.2 Å². The highest BCUT2D eigenvalue weighted by Gasteiger charge is 2.26. The van der Waals surface area contributed by atoms with Gasteiger partial charge >= 0.3 is 5.97 Å². The van der Waals surface area contributed by atoms with Gasteiger partial charge in [-0.05, 0) is 40.9 Å². The maximum atomic E-state index is 14.0. The summed E-state index contributed by atoms with van der Waals surface area (Å²) in [6.07, 6.45) is 3.82. The van der Waals surface area contributed by atoms with E-state index < -0.39 is 17.6 Å². The van der Waals surface area contributed by atoms with E-state index in [1.165, 1.54) is 12.1 Å². The van der Waals surface area contributed by atoms with E-state index in [2.05, 4.69) is 15.9 Å². The minimum atomic E-state index is -0.979. The maximum absolute atomic E-state index is 14.0. The molecule has 1 aliphatic rings. The molecule has 0 spiro atoms. The lowest BCUT2D eigenvalue weighted by atomic mass is 10.1. The molecular weight excluding hydrogens is 332 g/mol. The Kier molecular flexibility index (Phi) is 5.10. The quantitative estimate of drug-likeness (QED) is 0.828. The summed E-state index contributed by atoms with van der Waals surface area (Å²) in [7, 11) is 0. The van der Waals surface area contributed by atoms with Gasteiger partial charge in [0.05, 0.1) is 11.0 Å². The van der Waals surface area contributed by atoms with Crippen LogP contribution >= 0.6 is 15.9 Å². The van der Waals surface area contributed by atoms with Crippen molar-refractivity contribution in [1.29, 1.82) is 0 Å². The molecule has 0 atom stereocenters. The Bertz CT molecular complexity index is 504. The maximum Gasteiger partial charge on any atom is 0.317 e. The molecule has 1 aromatic carbocycles. The van der Waals surface area contributed by atoms with Gasteiger partial charge in [0, 0.05) is 18.2 Å². The summed E-state index contributed by atoms with van der Waals surface area (Å²) in [4.78, 5) is 12.6. The fourth-order valence-corrected chi connectivity index (χ4v) is 3.05. The summed E-state index contributed by atoms with van der Waals surface area (Å²) in [5, 5.41) is 8.98. The second-order valence-electron chi connectivity index (χ2n) is 5.06. The van der Waals surface area contributed by atoms with Gasteiger partial charge < -0.3 is 5.11 Å². The summed E-state index contributed by atoms with van der Waals surface area (Å²) in [6, 6.07) is 2.59. The van der Waals surface area contributed by atoms with Crippen LogP contribution in [0.1, 0.15) is 31.2 Å². The monoisotopic (exact) mass is 347 g/mol. The molecule has 0 aromatic heterocycles. The van der Waals surface area contributed by atoms with Crippen LogP contribution in [-0.4, -0.2) is 28.6 Å². The first-order chi connectivity index (χ1) is 9.49. The van der Waals surface area contributed by atoms with Crippen molar-refractivity contribution in [2.45, 2.75) is 38.3 Å². The van der Waals surface area contributed by atoms with Crippen molar-refractivity contribution in [3.8, 4) is 0 Å². The lowest BCUT2D eigenvalue weighted by Crippen LogP contribution is -2.37. The highest BCUT2D eigenvalue weighted by atomic mass is 79.9. The van der Waals surface area contributed by atoms with Crippen LogP contribution in [0.3, 0.4) is 0 Å². The molecule has 1 saturated carbocycles. The van der Waals surface area contributed by atoms with Gasteiger partial charge in [-0.3, -0.25) is 9.69 Å². The van der Waals surface area contributed by atoms with E-state index in [0.717, 1.165) is 25.7 Å². The van der Waals surface area contributed by atoms with Gasteiger partial charge in [-0.2, -0.15) is 0 Å². The smallest absolute Gasteiger partial charge is 0.317 e. The minimum absolute atomic E-state index is 0.0198. The molecule has 1 N–H and O–H groups in total. The number of halogens is 3. The van der Waals surface area contributed by atoms with Crippen LogP contribution in [0.5, 0.6) is 0 Å². The Morgan fingerprint density at radius 2 is 2.00 bits per heavy atom. The van der Waals surface area contributed by atoms with Crippen LogP contribution < -0.4 is 0 Å². The molecule has 1 aliphatic carbocycles. The van der Waals surface area contributed by atoms with Crippen molar-refractivity contribution in [2.24, 2.45) is 0 Å². The molecule has 1 aromatic rings. The van der Waals surface area contributed by atoms with Crippen molar-refractivity contribution in [1.82, 2.24) is 4.90 Å². The zero-order valence-corrected chi connectivity index (χ0v) is 12.5. The number of hydrogen-bond donors (Lipinski definition) is 1. The molecule has 0 aliphatic heterocycles. The predicted molar refractivity (Wildman–Crippen MR) is 74.4 cm³/mol. The third-order valence-corrected chi connectivity index (χ3v) is 4.29. The number of rotatable bonds is 5. The molecule has 2 rings (SSSR count). The summed E-state index contributed by atoms with van der Waals surface area (Å²) < 4.78 is 28.0. The van der Waals surface area contributed by atoms with Crippen molar-refractivity contribution in [2.75, 3.05) is 6.54 Å². The van der Waals surface area contributed by atoms with E-state index in [1.54, 1.807) is 4.90 Å². The van der Waals surface area contributed by atoms with Gasteiger partial charge in [-0.25, -0.2) is 8.78 Å². The molecule has 0 saturated heterocycles. The van der Waals surface area contributed by atoms with Crippen molar-refractivity contribution in [3.05, 3.63) is 33.8 Å². The van der Waals surface area contributed by atoms with Gasteiger partial charge in [0.25, 0.3) is 0 Å². The van der Waals surface area contributed by atoms with Gasteiger partial charge in [-0.15, -0.1) is 0 Å². The van der Waals surface area contributed by atoms with E-state index in [0.29, 0.717) is 0 Å². The SMILES string of the molecule is O=C(O)CN(Cc1c(F)ccc(Br)c1F)C1CCCC1. The Morgan fingerprint density at radius 1 is 1.35 bits per heavy atom. The molecule has 20 heavy (non-hydrogen) atoms. The second-order valence-corrected chi connectivity index (χ2v) is 5.91. The highest BCUT2D eigenvalue weighted by molar-refractivity contribution is 9.10. The van der Waals surface area contributed by atoms with Crippen LogP contribution in [0.25, 0.3) is 0 Å². The average Bonchev–Trinajstić information content (AvgIpc) is 2.91. The fourth-order valence-electron chi connectivity index (χ4n) is 2.67. The van der Waals surface area contributed by atoms with E-state index in [1.807, 2.05) is 0 Å². The number of aliphatic carboxylic acids is 1. The van der Waals surface area contributed by atoms with Crippen LogP contribution in [0.2, 0.25) is 0 Å². The first-order valence-corrected chi connectivity index (χ1v) is 7.36. The summed E-state index contributed by atoms with van der Waals surface area (Å²) >= 11 is 3.03. The number of carboxylic acids is 1. The number of nitrogens with zero attached hydrogens (tertiary/aromatic N) is 1. The molecule has 1 fully saturated rings. The molecule has 0 amide bonds. The Hall–Kier alpha value is -1.01. The highest BCUT2D eigenvalue weighted by Crippen LogP contribution is 2.28. The van der Waals surface area contributed by atoms with Gasteiger partial charge in [-0.1, -0.05) is 12.8 Å². The van der Waals surface area contributed by atoms with Crippen LogP contribution in [-0.2, 0) is 11.3 Å². The van der Waals surface area contributed by atoms with E-state index in [4.69, 9.17) is 5.11 Å². The zero-order chi connectivity index (χ0) is 14.7. The van der Waals surface area contributed by atoms with Crippen LogP contribution in [0, 0.1) is 11.6 Å². The predicted octanol–water partition coefficient (Wildman–Crippen LogP) is 3.56.